The summed E-state index contributed by atoms with van der Waals surface area (Å²) in [6.45, 7) is 4.69. The number of likely N-dealkylation sites (tertiary alicyclic amines) is 1. The molecule has 4 nitrogen and oxygen atoms in total. The summed E-state index contributed by atoms with van der Waals surface area (Å²) in [6, 6.07) is -0.338. The molecule has 1 saturated heterocycles. The van der Waals surface area contributed by atoms with Gasteiger partial charge >= 0.3 is 5.97 Å². The molecule has 0 radical (unpaired) electrons. The van der Waals surface area contributed by atoms with E-state index in [1.807, 2.05) is 0 Å². The molecule has 0 aromatic carbocycles. The maximum absolute atomic E-state index is 10.9. The highest BCUT2D eigenvalue weighted by molar-refractivity contribution is 5.72. The topological polar surface area (TPSA) is 43.8 Å². The molecule has 2 atom stereocenters. The lowest BCUT2D eigenvalue weighted by molar-refractivity contribution is -0.143. The van der Waals surface area contributed by atoms with E-state index in [4.69, 9.17) is 5.11 Å². The molecule has 4 heteroatoms. The van der Waals surface area contributed by atoms with E-state index in [1.165, 1.54) is 6.42 Å². The quantitative estimate of drug-likeness (QED) is 0.749. The fourth-order valence-electron chi connectivity index (χ4n) is 2.27. The van der Waals surface area contributed by atoms with Crippen LogP contribution in [0.5, 0.6) is 0 Å². The third-order valence-electron chi connectivity index (χ3n) is 3.08. The number of carboxylic acid groups (broad SMARTS) is 1. The maximum Gasteiger partial charge on any atom is 0.320 e. The molecule has 0 aromatic heterocycles. The number of hydrogen-bond acceptors (Lipinski definition) is 3. The lowest BCUT2D eigenvalue weighted by Gasteiger charge is -2.36. The first-order valence-corrected chi connectivity index (χ1v) is 5.62. The van der Waals surface area contributed by atoms with E-state index in [2.05, 4.69) is 23.9 Å². The van der Waals surface area contributed by atoms with Crippen LogP contribution in [0.4, 0.5) is 0 Å². The lowest BCUT2D eigenvalue weighted by Crippen LogP contribution is -2.46. The molecule has 0 spiro atoms. The minimum absolute atomic E-state index is 0.338. The van der Waals surface area contributed by atoms with Crippen molar-refractivity contribution < 1.29 is 9.90 Å². The molecule has 0 aromatic rings. The Morgan fingerprint density at radius 2 is 2.27 bits per heavy atom. The van der Waals surface area contributed by atoms with Gasteiger partial charge in [-0.1, -0.05) is 0 Å². The van der Waals surface area contributed by atoms with Gasteiger partial charge in [0.15, 0.2) is 0 Å². The highest BCUT2D eigenvalue weighted by Crippen LogP contribution is 2.18. The number of carbonyl (C=O) groups is 1. The van der Waals surface area contributed by atoms with Gasteiger partial charge < -0.3 is 10.0 Å². The number of hydrogen-bond donors (Lipinski definition) is 1. The Balaban J connectivity index is 2.45. The molecule has 1 fully saturated rings. The summed E-state index contributed by atoms with van der Waals surface area (Å²) in [6.07, 6.45) is 2.34. The Labute approximate surface area is 91.9 Å². The first kappa shape index (κ1) is 12.5. The van der Waals surface area contributed by atoms with Crippen molar-refractivity contribution in [3.63, 3.8) is 0 Å². The van der Waals surface area contributed by atoms with E-state index in [9.17, 15) is 4.79 Å². The fourth-order valence-corrected chi connectivity index (χ4v) is 2.27. The number of piperidine rings is 1. The van der Waals surface area contributed by atoms with Crippen molar-refractivity contribution in [3.8, 4) is 0 Å². The van der Waals surface area contributed by atoms with Gasteiger partial charge in [-0.25, -0.2) is 0 Å². The monoisotopic (exact) mass is 214 g/mol. The molecule has 0 aliphatic carbocycles. The summed E-state index contributed by atoms with van der Waals surface area (Å²) in [5, 5.41) is 8.95. The number of rotatable bonds is 4. The third-order valence-corrected chi connectivity index (χ3v) is 3.08. The molecule has 0 saturated carbocycles. The fraction of sp³-hybridized carbons (Fsp3) is 0.909. The van der Waals surface area contributed by atoms with Crippen LogP contribution in [-0.4, -0.2) is 60.6 Å². The Hall–Kier alpha value is -0.610. The van der Waals surface area contributed by atoms with E-state index in [0.717, 1.165) is 26.1 Å². The second-order valence-electron chi connectivity index (χ2n) is 4.78. The van der Waals surface area contributed by atoms with Crippen LogP contribution in [0, 0.1) is 5.92 Å². The Bertz CT molecular complexity index is 219. The van der Waals surface area contributed by atoms with Crippen molar-refractivity contribution in [2.24, 2.45) is 5.92 Å². The molecule has 1 heterocycles. The smallest absolute Gasteiger partial charge is 0.320 e. The minimum Gasteiger partial charge on any atom is -0.480 e. The largest absolute Gasteiger partial charge is 0.480 e. The first-order chi connectivity index (χ1) is 7.00. The van der Waals surface area contributed by atoms with Gasteiger partial charge in [-0.05, 0) is 46.3 Å². The molecule has 1 aliphatic rings. The molecular formula is C11H22N2O2. The van der Waals surface area contributed by atoms with Crippen LogP contribution in [0.2, 0.25) is 0 Å². The molecule has 15 heavy (non-hydrogen) atoms. The predicted octanol–water partition coefficient (Wildman–Crippen LogP) is 0.733. The van der Waals surface area contributed by atoms with E-state index in [1.54, 1.807) is 6.92 Å². The van der Waals surface area contributed by atoms with Gasteiger partial charge in [-0.2, -0.15) is 0 Å². The third kappa shape index (κ3) is 3.80. The Morgan fingerprint density at radius 3 is 2.80 bits per heavy atom. The highest BCUT2D eigenvalue weighted by Gasteiger charge is 2.27. The second kappa shape index (κ2) is 5.47. The normalized spacial score (nSPS) is 25.5. The number of aliphatic carboxylic acids is 1. The van der Waals surface area contributed by atoms with Gasteiger partial charge in [0.25, 0.3) is 0 Å². The molecule has 0 amide bonds. The van der Waals surface area contributed by atoms with Crippen LogP contribution in [0.25, 0.3) is 0 Å². The van der Waals surface area contributed by atoms with Crippen LogP contribution < -0.4 is 0 Å². The minimum atomic E-state index is -0.708. The van der Waals surface area contributed by atoms with Crippen molar-refractivity contribution in [1.29, 1.82) is 0 Å². The SMILES string of the molecule is CC(C(=O)O)N1CCCC(CN(C)C)C1. The van der Waals surface area contributed by atoms with Crippen molar-refractivity contribution in [3.05, 3.63) is 0 Å². The summed E-state index contributed by atoms with van der Waals surface area (Å²) in [7, 11) is 4.14. The molecule has 0 bridgehead atoms. The van der Waals surface area contributed by atoms with Crippen molar-refractivity contribution in [1.82, 2.24) is 9.80 Å². The van der Waals surface area contributed by atoms with Gasteiger partial charge in [0.2, 0.25) is 0 Å². The van der Waals surface area contributed by atoms with Crippen molar-refractivity contribution in [2.45, 2.75) is 25.8 Å². The summed E-state index contributed by atoms with van der Waals surface area (Å²) >= 11 is 0. The summed E-state index contributed by atoms with van der Waals surface area (Å²) in [5.41, 5.74) is 0. The van der Waals surface area contributed by atoms with Crippen LogP contribution in [0.3, 0.4) is 0 Å². The lowest BCUT2D eigenvalue weighted by atomic mass is 9.96. The van der Waals surface area contributed by atoms with Crippen LogP contribution in [-0.2, 0) is 4.79 Å². The average Bonchev–Trinajstić information content (AvgIpc) is 2.16. The van der Waals surface area contributed by atoms with Gasteiger partial charge in [0.05, 0.1) is 0 Å². The molecule has 2 unspecified atom stereocenters. The maximum atomic E-state index is 10.9. The molecule has 88 valence electrons. The van der Waals surface area contributed by atoms with Gasteiger partial charge in [-0.15, -0.1) is 0 Å². The zero-order valence-corrected chi connectivity index (χ0v) is 9.94. The molecule has 1 aliphatic heterocycles. The molecular weight excluding hydrogens is 192 g/mol. The number of carboxylic acids is 1. The standard InChI is InChI=1S/C11H22N2O2/c1-9(11(14)15)13-6-4-5-10(8-13)7-12(2)3/h9-10H,4-8H2,1-3H3,(H,14,15). The van der Waals surface area contributed by atoms with E-state index >= 15 is 0 Å². The Morgan fingerprint density at radius 1 is 1.60 bits per heavy atom. The van der Waals surface area contributed by atoms with Crippen LogP contribution >= 0.6 is 0 Å². The molecule has 1 N–H and O–H groups in total. The zero-order chi connectivity index (χ0) is 11.4. The van der Waals surface area contributed by atoms with E-state index < -0.39 is 5.97 Å². The highest BCUT2D eigenvalue weighted by atomic mass is 16.4. The first-order valence-electron chi connectivity index (χ1n) is 5.62. The summed E-state index contributed by atoms with van der Waals surface area (Å²) in [5.74, 6) is -0.0870. The van der Waals surface area contributed by atoms with Crippen LogP contribution in [0.1, 0.15) is 19.8 Å². The van der Waals surface area contributed by atoms with Gasteiger partial charge in [0, 0.05) is 13.1 Å². The van der Waals surface area contributed by atoms with Gasteiger partial charge in [0.1, 0.15) is 6.04 Å². The summed E-state index contributed by atoms with van der Waals surface area (Å²) in [4.78, 5) is 15.1. The van der Waals surface area contributed by atoms with Crippen LogP contribution in [0.15, 0.2) is 0 Å². The number of nitrogens with zero attached hydrogens (tertiary/aromatic N) is 2. The van der Waals surface area contributed by atoms with E-state index in [-0.39, 0.29) is 6.04 Å². The Kier molecular flexibility index (Phi) is 4.54. The zero-order valence-electron chi connectivity index (χ0n) is 9.94. The summed E-state index contributed by atoms with van der Waals surface area (Å²) < 4.78 is 0. The molecule has 1 rings (SSSR count). The average molecular weight is 214 g/mol. The van der Waals surface area contributed by atoms with Crippen molar-refractivity contribution >= 4 is 5.97 Å². The van der Waals surface area contributed by atoms with E-state index in [0.29, 0.717) is 5.92 Å². The van der Waals surface area contributed by atoms with Crippen molar-refractivity contribution in [2.75, 3.05) is 33.7 Å². The predicted molar refractivity (Wildman–Crippen MR) is 59.9 cm³/mol. The second-order valence-corrected chi connectivity index (χ2v) is 4.78. The van der Waals surface area contributed by atoms with Gasteiger partial charge in [-0.3, -0.25) is 9.69 Å².